The number of nitro benzene ring substituents is 1. The van der Waals surface area contributed by atoms with Gasteiger partial charge in [-0.3, -0.25) is 15.0 Å². The van der Waals surface area contributed by atoms with Gasteiger partial charge in [0.05, 0.1) is 9.82 Å². The molecule has 0 radical (unpaired) electrons. The molecule has 1 saturated heterocycles. The summed E-state index contributed by atoms with van der Waals surface area (Å²) >= 11 is 5.87. The summed E-state index contributed by atoms with van der Waals surface area (Å²) in [4.78, 5) is 14.5. The van der Waals surface area contributed by atoms with E-state index in [9.17, 15) is 18.5 Å². The molecule has 0 bridgehead atoms. The molecule has 1 fully saturated rings. The zero-order valence-electron chi connectivity index (χ0n) is 19.6. The number of hydrogen-bond acceptors (Lipinski definition) is 7. The van der Waals surface area contributed by atoms with E-state index in [-0.39, 0.29) is 16.7 Å². The predicted molar refractivity (Wildman–Crippen MR) is 138 cm³/mol. The van der Waals surface area contributed by atoms with Gasteiger partial charge in [0, 0.05) is 44.4 Å². The number of rotatable bonds is 6. The van der Waals surface area contributed by atoms with Crippen LogP contribution in [0.4, 0.5) is 5.69 Å². The van der Waals surface area contributed by atoms with E-state index in [0.717, 1.165) is 29.7 Å². The van der Waals surface area contributed by atoms with Gasteiger partial charge < -0.3 is 14.4 Å². The number of nitro groups is 1. The molecular weight excluding hydrogens is 520 g/mol. The highest BCUT2D eigenvalue weighted by Gasteiger charge is 2.26. The molecule has 12 heteroatoms. The Bertz CT molecular complexity index is 1460. The summed E-state index contributed by atoms with van der Waals surface area (Å²) in [5.74, 6) is 1.77. The van der Waals surface area contributed by atoms with Gasteiger partial charge in [0.2, 0.25) is 6.79 Å². The van der Waals surface area contributed by atoms with Crippen molar-refractivity contribution in [2.45, 2.75) is 11.4 Å². The van der Waals surface area contributed by atoms with Crippen LogP contribution in [-0.4, -0.2) is 61.9 Å². The minimum atomic E-state index is -4.25. The monoisotopic (exact) mass is 542 g/mol. The number of nitrogens with zero attached hydrogens (tertiary/aromatic N) is 4. The van der Waals surface area contributed by atoms with Crippen molar-refractivity contribution in [3.63, 3.8) is 0 Å². The van der Waals surface area contributed by atoms with Crippen LogP contribution in [0.5, 0.6) is 11.5 Å². The molecule has 3 aromatic rings. The van der Waals surface area contributed by atoms with Gasteiger partial charge in [-0.2, -0.15) is 8.42 Å². The van der Waals surface area contributed by atoms with E-state index in [1.165, 1.54) is 12.1 Å². The van der Waals surface area contributed by atoms with Crippen molar-refractivity contribution in [1.29, 1.82) is 0 Å². The molecule has 2 aliphatic rings. The lowest BCUT2D eigenvalue weighted by Gasteiger charge is -2.36. The highest BCUT2D eigenvalue weighted by atomic mass is 35.5. The van der Waals surface area contributed by atoms with Crippen molar-refractivity contribution >= 4 is 33.1 Å². The lowest BCUT2D eigenvalue weighted by molar-refractivity contribution is -0.384. The van der Waals surface area contributed by atoms with Crippen LogP contribution in [0.3, 0.4) is 0 Å². The molecule has 5 rings (SSSR count). The average Bonchev–Trinajstić information content (AvgIpc) is 3.36. The molecule has 0 saturated carbocycles. The van der Waals surface area contributed by atoms with Crippen molar-refractivity contribution in [3.05, 3.63) is 93.0 Å². The smallest absolute Gasteiger partial charge is 0.289 e. The highest BCUT2D eigenvalue weighted by Crippen LogP contribution is 2.33. The van der Waals surface area contributed by atoms with Crippen molar-refractivity contribution in [1.82, 2.24) is 9.80 Å². The van der Waals surface area contributed by atoms with Gasteiger partial charge >= 0.3 is 0 Å². The fourth-order valence-electron chi connectivity index (χ4n) is 4.25. The van der Waals surface area contributed by atoms with Crippen LogP contribution in [0, 0.1) is 10.1 Å². The third kappa shape index (κ3) is 5.53. The van der Waals surface area contributed by atoms with Gasteiger partial charge in [-0.25, -0.2) is 0 Å². The molecule has 3 aromatic carbocycles. The third-order valence-electron chi connectivity index (χ3n) is 6.17. The Labute approximate surface area is 218 Å². The Morgan fingerprint density at radius 1 is 0.973 bits per heavy atom. The summed E-state index contributed by atoms with van der Waals surface area (Å²) in [5, 5.41) is 11.1. The number of amidine groups is 1. The number of benzene rings is 3. The molecule has 37 heavy (non-hydrogen) atoms. The standard InChI is InChI=1S/C25H23ClN4O6S/c26-21-8-7-20(15-22(21)30(31)32)37(33,34)27-25(19-4-2-1-3-5-19)29-12-10-28(11-13-29)16-18-6-9-23-24(14-18)36-17-35-23/h1-9,14-15H,10-13,16-17H2/b27-25-. The first-order chi connectivity index (χ1) is 17.8. The van der Waals surface area contributed by atoms with Crippen LogP contribution < -0.4 is 9.47 Å². The van der Waals surface area contributed by atoms with Crippen molar-refractivity contribution in [2.24, 2.45) is 4.40 Å². The molecule has 0 amide bonds. The van der Waals surface area contributed by atoms with Crippen LogP contribution in [0.15, 0.2) is 76.0 Å². The van der Waals surface area contributed by atoms with Crippen LogP contribution in [-0.2, 0) is 16.6 Å². The largest absolute Gasteiger partial charge is 0.454 e. The molecule has 0 spiro atoms. The SMILES string of the molecule is O=[N+]([O-])c1cc(S(=O)(=O)/N=C(/c2ccccc2)N2CCN(Cc3ccc4c(c3)OCO4)CC2)ccc1Cl. The summed E-state index contributed by atoms with van der Waals surface area (Å²) in [6.45, 7) is 3.42. The molecule has 10 nitrogen and oxygen atoms in total. The van der Waals surface area contributed by atoms with E-state index in [0.29, 0.717) is 37.6 Å². The van der Waals surface area contributed by atoms with Crippen molar-refractivity contribution < 1.29 is 22.8 Å². The number of piperazine rings is 1. The minimum absolute atomic E-state index is 0.144. The Hall–Kier alpha value is -3.67. The summed E-state index contributed by atoms with van der Waals surface area (Å²) < 4.78 is 41.5. The summed E-state index contributed by atoms with van der Waals surface area (Å²) in [5.41, 5.74) is 1.25. The molecule has 2 heterocycles. The maximum atomic E-state index is 13.2. The molecule has 0 unspecified atom stereocenters. The maximum Gasteiger partial charge on any atom is 0.289 e. The molecule has 0 aliphatic carbocycles. The molecule has 0 aromatic heterocycles. The summed E-state index contributed by atoms with van der Waals surface area (Å²) in [6.07, 6.45) is 0. The average molecular weight is 543 g/mol. The maximum absolute atomic E-state index is 13.2. The number of sulfonamides is 1. The minimum Gasteiger partial charge on any atom is -0.454 e. The van der Waals surface area contributed by atoms with Crippen LogP contribution >= 0.6 is 11.6 Å². The Balaban J connectivity index is 1.37. The van der Waals surface area contributed by atoms with Crippen LogP contribution in [0.2, 0.25) is 5.02 Å². The van der Waals surface area contributed by atoms with Crippen LogP contribution in [0.25, 0.3) is 0 Å². The third-order valence-corrected chi connectivity index (χ3v) is 7.75. The summed E-state index contributed by atoms with van der Waals surface area (Å²) in [7, 11) is -4.25. The first kappa shape index (κ1) is 25.0. The van der Waals surface area contributed by atoms with E-state index >= 15 is 0 Å². The molecule has 0 N–H and O–H groups in total. The van der Waals surface area contributed by atoms with Gasteiger partial charge in [-0.15, -0.1) is 4.40 Å². The quantitative estimate of drug-likeness (QED) is 0.199. The highest BCUT2D eigenvalue weighted by molar-refractivity contribution is 7.90. The van der Waals surface area contributed by atoms with E-state index in [2.05, 4.69) is 9.30 Å². The number of fused-ring (bicyclic) bond motifs is 1. The topological polar surface area (TPSA) is 115 Å². The van der Waals surface area contributed by atoms with Crippen molar-refractivity contribution in [2.75, 3.05) is 33.0 Å². The molecule has 0 atom stereocenters. The number of halogens is 1. The van der Waals surface area contributed by atoms with E-state index in [1.807, 2.05) is 29.2 Å². The fraction of sp³-hybridized carbons (Fsp3) is 0.240. The Morgan fingerprint density at radius 3 is 2.43 bits per heavy atom. The first-order valence-electron chi connectivity index (χ1n) is 11.5. The zero-order valence-corrected chi connectivity index (χ0v) is 21.2. The van der Waals surface area contributed by atoms with E-state index in [4.69, 9.17) is 21.1 Å². The number of hydrogen-bond donors (Lipinski definition) is 0. The van der Waals surface area contributed by atoms with Gasteiger partial charge in [0.15, 0.2) is 11.5 Å². The molecule has 192 valence electrons. The Kier molecular flexibility index (Phi) is 7.00. The second-order valence-electron chi connectivity index (χ2n) is 8.58. The lowest BCUT2D eigenvalue weighted by Crippen LogP contribution is -2.48. The van der Waals surface area contributed by atoms with Crippen molar-refractivity contribution in [3.8, 4) is 11.5 Å². The zero-order chi connectivity index (χ0) is 26.0. The summed E-state index contributed by atoms with van der Waals surface area (Å²) in [6, 6.07) is 18.3. The van der Waals surface area contributed by atoms with Gasteiger partial charge in [0.1, 0.15) is 10.9 Å². The van der Waals surface area contributed by atoms with Gasteiger partial charge in [-0.1, -0.05) is 48.0 Å². The van der Waals surface area contributed by atoms with Gasteiger partial charge in [0.25, 0.3) is 15.7 Å². The first-order valence-corrected chi connectivity index (χ1v) is 13.3. The fourth-order valence-corrected chi connectivity index (χ4v) is 5.50. The normalized spacial score (nSPS) is 16.1. The van der Waals surface area contributed by atoms with Crippen LogP contribution in [0.1, 0.15) is 11.1 Å². The number of ether oxygens (including phenoxy) is 2. The predicted octanol–water partition coefficient (Wildman–Crippen LogP) is 3.93. The molecule has 2 aliphatic heterocycles. The van der Waals surface area contributed by atoms with E-state index < -0.39 is 20.6 Å². The second kappa shape index (κ2) is 10.4. The second-order valence-corrected chi connectivity index (χ2v) is 10.6. The Morgan fingerprint density at radius 2 is 1.70 bits per heavy atom. The lowest BCUT2D eigenvalue weighted by atomic mass is 10.1. The van der Waals surface area contributed by atoms with Gasteiger partial charge in [-0.05, 0) is 29.8 Å². The molecular formula is C25H23ClN4O6S. The van der Waals surface area contributed by atoms with E-state index in [1.54, 1.807) is 24.3 Å².